The molecule has 1 aliphatic rings. The molecular weight excluding hydrogens is 268 g/mol. The lowest BCUT2D eigenvalue weighted by Gasteiger charge is -2.45. The SMILES string of the molecule is CCCC1C(=O)NC(CC)(CC)C(=O)N1CCCOCC. The van der Waals surface area contributed by atoms with Gasteiger partial charge in [-0.05, 0) is 32.6 Å². The zero-order valence-corrected chi connectivity index (χ0v) is 13.9. The van der Waals surface area contributed by atoms with Crippen LogP contribution in [0.5, 0.6) is 0 Å². The van der Waals surface area contributed by atoms with Crippen molar-refractivity contribution in [3.05, 3.63) is 0 Å². The molecule has 21 heavy (non-hydrogen) atoms. The maximum Gasteiger partial charge on any atom is 0.248 e. The molecular formula is C16H30N2O3. The summed E-state index contributed by atoms with van der Waals surface area (Å²) >= 11 is 0. The van der Waals surface area contributed by atoms with Gasteiger partial charge < -0.3 is 15.0 Å². The first-order valence-electron chi connectivity index (χ1n) is 8.27. The first kappa shape index (κ1) is 18.0. The van der Waals surface area contributed by atoms with Crippen LogP contribution in [0, 0.1) is 0 Å². The fourth-order valence-electron chi connectivity index (χ4n) is 2.96. The van der Waals surface area contributed by atoms with E-state index in [1.165, 1.54) is 0 Å². The van der Waals surface area contributed by atoms with Crippen molar-refractivity contribution in [1.82, 2.24) is 10.2 Å². The van der Waals surface area contributed by atoms with Crippen molar-refractivity contribution >= 4 is 11.8 Å². The lowest BCUT2D eigenvalue weighted by Crippen LogP contribution is -2.70. The fourth-order valence-corrected chi connectivity index (χ4v) is 2.96. The molecule has 0 bridgehead atoms. The number of amides is 2. The Morgan fingerprint density at radius 1 is 1.19 bits per heavy atom. The van der Waals surface area contributed by atoms with Gasteiger partial charge in [0.2, 0.25) is 11.8 Å². The van der Waals surface area contributed by atoms with Gasteiger partial charge in [-0.3, -0.25) is 9.59 Å². The maximum absolute atomic E-state index is 12.9. The average molecular weight is 298 g/mol. The van der Waals surface area contributed by atoms with E-state index in [1.54, 1.807) is 4.90 Å². The van der Waals surface area contributed by atoms with E-state index in [0.29, 0.717) is 32.6 Å². The Morgan fingerprint density at radius 2 is 1.86 bits per heavy atom. The predicted molar refractivity (Wildman–Crippen MR) is 83.0 cm³/mol. The highest BCUT2D eigenvalue weighted by Crippen LogP contribution is 2.26. The lowest BCUT2D eigenvalue weighted by molar-refractivity contribution is -0.156. The molecule has 0 aromatic heterocycles. The smallest absolute Gasteiger partial charge is 0.248 e. The third kappa shape index (κ3) is 3.96. The first-order chi connectivity index (χ1) is 10.1. The third-order valence-corrected chi connectivity index (χ3v) is 4.37. The van der Waals surface area contributed by atoms with E-state index < -0.39 is 5.54 Å². The third-order valence-electron chi connectivity index (χ3n) is 4.37. The van der Waals surface area contributed by atoms with Crippen LogP contribution in [-0.2, 0) is 14.3 Å². The summed E-state index contributed by atoms with van der Waals surface area (Å²) in [7, 11) is 0. The molecule has 5 heteroatoms. The molecule has 1 rings (SSSR count). The number of carbonyl (C=O) groups excluding carboxylic acids is 2. The van der Waals surface area contributed by atoms with Crippen LogP contribution in [0.3, 0.4) is 0 Å². The molecule has 1 unspecified atom stereocenters. The summed E-state index contributed by atoms with van der Waals surface area (Å²) in [5.74, 6) is 0.0682. The van der Waals surface area contributed by atoms with Gasteiger partial charge in [-0.15, -0.1) is 0 Å². The van der Waals surface area contributed by atoms with Crippen LogP contribution < -0.4 is 5.32 Å². The van der Waals surface area contributed by atoms with Gasteiger partial charge in [0.1, 0.15) is 11.6 Å². The van der Waals surface area contributed by atoms with E-state index in [2.05, 4.69) is 5.32 Å². The topological polar surface area (TPSA) is 58.6 Å². The van der Waals surface area contributed by atoms with Gasteiger partial charge in [0.15, 0.2) is 0 Å². The Kier molecular flexibility index (Phi) is 7.15. The molecule has 5 nitrogen and oxygen atoms in total. The number of nitrogens with one attached hydrogen (secondary N) is 1. The standard InChI is InChI=1S/C16H30N2O3/c1-5-10-13-14(19)17-16(6-2,7-3)15(20)18(13)11-9-12-21-8-4/h13H,5-12H2,1-4H3,(H,17,19). The summed E-state index contributed by atoms with van der Waals surface area (Å²) in [6.45, 7) is 9.82. The van der Waals surface area contributed by atoms with Gasteiger partial charge in [-0.1, -0.05) is 27.2 Å². The van der Waals surface area contributed by atoms with Crippen LogP contribution in [0.4, 0.5) is 0 Å². The zero-order valence-electron chi connectivity index (χ0n) is 13.9. The van der Waals surface area contributed by atoms with E-state index >= 15 is 0 Å². The molecule has 0 aliphatic carbocycles. The number of nitrogens with zero attached hydrogens (tertiary/aromatic N) is 1. The Balaban J connectivity index is 2.87. The average Bonchev–Trinajstić information content (AvgIpc) is 2.49. The van der Waals surface area contributed by atoms with Gasteiger partial charge in [-0.2, -0.15) is 0 Å². The van der Waals surface area contributed by atoms with Crippen molar-refractivity contribution in [2.24, 2.45) is 0 Å². The van der Waals surface area contributed by atoms with Crippen molar-refractivity contribution in [3.63, 3.8) is 0 Å². The van der Waals surface area contributed by atoms with E-state index in [9.17, 15) is 9.59 Å². The molecule has 0 aromatic rings. The number of hydrogen-bond donors (Lipinski definition) is 1. The van der Waals surface area contributed by atoms with Gasteiger partial charge in [-0.25, -0.2) is 0 Å². The molecule has 0 spiro atoms. The summed E-state index contributed by atoms with van der Waals surface area (Å²) in [6.07, 6.45) is 3.65. The Hall–Kier alpha value is -1.10. The summed E-state index contributed by atoms with van der Waals surface area (Å²) in [5, 5.41) is 2.98. The van der Waals surface area contributed by atoms with E-state index in [-0.39, 0.29) is 17.9 Å². The van der Waals surface area contributed by atoms with Gasteiger partial charge >= 0.3 is 0 Å². The molecule has 1 atom stereocenters. The second-order valence-corrected chi connectivity index (χ2v) is 5.63. The molecule has 1 heterocycles. The second-order valence-electron chi connectivity index (χ2n) is 5.63. The Bertz CT molecular complexity index is 353. The van der Waals surface area contributed by atoms with Crippen LogP contribution >= 0.6 is 0 Å². The van der Waals surface area contributed by atoms with Crippen molar-refractivity contribution < 1.29 is 14.3 Å². The van der Waals surface area contributed by atoms with Gasteiger partial charge in [0, 0.05) is 19.8 Å². The molecule has 0 saturated carbocycles. The maximum atomic E-state index is 12.9. The second kappa shape index (κ2) is 8.37. The van der Waals surface area contributed by atoms with Crippen molar-refractivity contribution in [2.75, 3.05) is 19.8 Å². The molecule has 1 N–H and O–H groups in total. The minimum absolute atomic E-state index is 0.00319. The lowest BCUT2D eigenvalue weighted by atomic mass is 9.86. The molecule has 0 radical (unpaired) electrons. The molecule has 1 fully saturated rings. The summed E-state index contributed by atoms with van der Waals surface area (Å²) in [4.78, 5) is 27.1. The fraction of sp³-hybridized carbons (Fsp3) is 0.875. The van der Waals surface area contributed by atoms with E-state index in [1.807, 2.05) is 27.7 Å². The minimum atomic E-state index is -0.715. The van der Waals surface area contributed by atoms with Crippen molar-refractivity contribution in [3.8, 4) is 0 Å². The summed E-state index contributed by atoms with van der Waals surface area (Å²) in [5.41, 5.74) is -0.715. The van der Waals surface area contributed by atoms with E-state index in [0.717, 1.165) is 19.3 Å². The summed E-state index contributed by atoms with van der Waals surface area (Å²) in [6, 6.07) is -0.324. The molecule has 1 saturated heterocycles. The molecule has 122 valence electrons. The van der Waals surface area contributed by atoms with Crippen LogP contribution in [0.15, 0.2) is 0 Å². The number of ether oxygens (including phenoxy) is 1. The highest BCUT2D eigenvalue weighted by atomic mass is 16.5. The number of carbonyl (C=O) groups is 2. The van der Waals surface area contributed by atoms with Gasteiger partial charge in [0.05, 0.1) is 0 Å². The first-order valence-corrected chi connectivity index (χ1v) is 8.27. The molecule has 0 aromatic carbocycles. The number of hydrogen-bond acceptors (Lipinski definition) is 3. The quantitative estimate of drug-likeness (QED) is 0.663. The number of rotatable bonds is 9. The van der Waals surface area contributed by atoms with Crippen LogP contribution in [-0.4, -0.2) is 48.1 Å². The monoisotopic (exact) mass is 298 g/mol. The zero-order chi connectivity index (χ0) is 15.9. The molecule has 1 aliphatic heterocycles. The summed E-state index contributed by atoms with van der Waals surface area (Å²) < 4.78 is 5.35. The minimum Gasteiger partial charge on any atom is -0.382 e. The largest absolute Gasteiger partial charge is 0.382 e. The van der Waals surface area contributed by atoms with Crippen molar-refractivity contribution in [1.29, 1.82) is 0 Å². The Morgan fingerprint density at radius 3 is 2.38 bits per heavy atom. The molecule has 2 amide bonds. The highest BCUT2D eigenvalue weighted by Gasteiger charge is 2.48. The van der Waals surface area contributed by atoms with Crippen LogP contribution in [0.1, 0.15) is 59.8 Å². The van der Waals surface area contributed by atoms with E-state index in [4.69, 9.17) is 4.74 Å². The Labute approximate surface area is 128 Å². The van der Waals surface area contributed by atoms with Crippen LogP contribution in [0.2, 0.25) is 0 Å². The number of piperazine rings is 1. The normalized spacial score (nSPS) is 21.5. The predicted octanol–water partition coefficient (Wildman–Crippen LogP) is 2.10. The highest BCUT2D eigenvalue weighted by molar-refractivity contribution is 5.99. The van der Waals surface area contributed by atoms with Gasteiger partial charge in [0.25, 0.3) is 0 Å². The van der Waals surface area contributed by atoms with Crippen LogP contribution in [0.25, 0.3) is 0 Å². The van der Waals surface area contributed by atoms with Crippen molar-refractivity contribution in [2.45, 2.75) is 71.4 Å².